The fraction of sp³-hybridized carbons (Fsp3) is 0. The summed E-state index contributed by atoms with van der Waals surface area (Å²) >= 11 is 0. The summed E-state index contributed by atoms with van der Waals surface area (Å²) in [6.45, 7) is 0. The van der Waals surface area contributed by atoms with Gasteiger partial charge in [-0.25, -0.2) is 4.79 Å². The van der Waals surface area contributed by atoms with E-state index in [1.54, 1.807) is 36.4 Å². The van der Waals surface area contributed by atoms with E-state index >= 15 is 0 Å². The van der Waals surface area contributed by atoms with Gasteiger partial charge in [0.25, 0.3) is 0 Å². The molecule has 1 heterocycles. The maximum atomic E-state index is 11.2. The molecule has 2 N–H and O–H groups in total. The largest absolute Gasteiger partial charge is 0.478 e. The Bertz CT molecular complexity index is 1090. The number of ether oxygens (including phenoxy) is 2. The Kier molecular flexibility index (Phi) is 5.47. The summed E-state index contributed by atoms with van der Waals surface area (Å²) in [6.07, 6.45) is 0. The normalized spacial score (nSPS) is 10.3. The summed E-state index contributed by atoms with van der Waals surface area (Å²) in [7, 11) is 0. The van der Waals surface area contributed by atoms with Crippen LogP contribution in [0.4, 0.5) is 11.6 Å². The Morgan fingerprint density at radius 3 is 1.83 bits per heavy atom. The number of carboxylic acid groups (broad SMARTS) is 1. The highest BCUT2D eigenvalue weighted by atomic mass is 16.5. The van der Waals surface area contributed by atoms with Gasteiger partial charge in [-0.3, -0.25) is 0 Å². The average molecular weight is 400 g/mol. The summed E-state index contributed by atoms with van der Waals surface area (Å²) < 4.78 is 11.4. The first-order valence-electron chi connectivity index (χ1n) is 8.98. The minimum absolute atomic E-state index is 0.0269. The predicted molar refractivity (Wildman–Crippen MR) is 110 cm³/mol. The van der Waals surface area contributed by atoms with Gasteiger partial charge < -0.3 is 19.9 Å². The predicted octanol–water partition coefficient (Wildman–Crippen LogP) is 4.90. The van der Waals surface area contributed by atoms with Crippen LogP contribution in [-0.4, -0.2) is 26.0 Å². The Labute approximate surface area is 171 Å². The number of nitrogens with one attached hydrogen (secondary N) is 1. The molecule has 0 fully saturated rings. The Hall–Kier alpha value is -4.46. The monoisotopic (exact) mass is 400 g/mol. The van der Waals surface area contributed by atoms with E-state index in [9.17, 15) is 9.90 Å². The van der Waals surface area contributed by atoms with Crippen LogP contribution in [0.25, 0.3) is 0 Å². The number of aromatic nitrogens is 3. The van der Waals surface area contributed by atoms with Gasteiger partial charge in [-0.1, -0.05) is 42.5 Å². The third-order valence-corrected chi connectivity index (χ3v) is 3.86. The molecule has 0 saturated carbocycles. The summed E-state index contributed by atoms with van der Waals surface area (Å²) in [6, 6.07) is 24.5. The number of carboxylic acids is 1. The van der Waals surface area contributed by atoms with Crippen molar-refractivity contribution in [2.24, 2.45) is 0 Å². The molecule has 0 aliphatic carbocycles. The highest BCUT2D eigenvalue weighted by molar-refractivity contribution is 5.89. The molecule has 8 nitrogen and oxygen atoms in total. The number of rotatable bonds is 7. The number of aromatic carboxylic acids is 1. The number of anilines is 2. The smallest absolute Gasteiger partial charge is 0.335 e. The second-order valence-corrected chi connectivity index (χ2v) is 6.07. The van der Waals surface area contributed by atoms with Crippen LogP contribution >= 0.6 is 0 Å². The van der Waals surface area contributed by atoms with Crippen LogP contribution in [0.5, 0.6) is 23.5 Å². The van der Waals surface area contributed by atoms with Crippen molar-refractivity contribution in [1.29, 1.82) is 0 Å². The maximum absolute atomic E-state index is 11.2. The zero-order valence-corrected chi connectivity index (χ0v) is 15.6. The topological polar surface area (TPSA) is 106 Å². The van der Waals surface area contributed by atoms with Crippen molar-refractivity contribution in [1.82, 2.24) is 15.0 Å². The molecule has 4 rings (SSSR count). The van der Waals surface area contributed by atoms with Gasteiger partial charge >= 0.3 is 18.0 Å². The van der Waals surface area contributed by atoms with Crippen molar-refractivity contribution in [2.75, 3.05) is 5.32 Å². The van der Waals surface area contributed by atoms with Crippen molar-refractivity contribution < 1.29 is 19.4 Å². The molecule has 0 atom stereocenters. The molecule has 148 valence electrons. The first kappa shape index (κ1) is 18.9. The molecular formula is C22H16N4O4. The molecule has 4 aromatic rings. The fourth-order valence-electron chi connectivity index (χ4n) is 2.53. The van der Waals surface area contributed by atoms with Crippen LogP contribution in [0, 0.1) is 0 Å². The lowest BCUT2D eigenvalue weighted by Crippen LogP contribution is -2.04. The van der Waals surface area contributed by atoms with E-state index in [-0.39, 0.29) is 23.5 Å². The molecule has 30 heavy (non-hydrogen) atoms. The van der Waals surface area contributed by atoms with E-state index < -0.39 is 5.97 Å². The molecule has 0 saturated heterocycles. The van der Waals surface area contributed by atoms with E-state index in [1.165, 1.54) is 12.1 Å². The molecule has 0 bridgehead atoms. The highest BCUT2D eigenvalue weighted by Crippen LogP contribution is 2.25. The third kappa shape index (κ3) is 4.87. The zero-order chi connectivity index (χ0) is 20.8. The number of nitrogens with zero attached hydrogens (tertiary/aromatic N) is 3. The van der Waals surface area contributed by atoms with E-state index in [0.717, 1.165) is 0 Å². The molecule has 1 aromatic heterocycles. The second kappa shape index (κ2) is 8.70. The number of hydrogen-bond acceptors (Lipinski definition) is 7. The average Bonchev–Trinajstić information content (AvgIpc) is 2.75. The van der Waals surface area contributed by atoms with Gasteiger partial charge in [0.2, 0.25) is 5.95 Å². The fourth-order valence-corrected chi connectivity index (χ4v) is 2.53. The van der Waals surface area contributed by atoms with Gasteiger partial charge in [0.1, 0.15) is 11.5 Å². The quantitative estimate of drug-likeness (QED) is 0.451. The minimum atomic E-state index is -1.03. The molecule has 8 heteroatoms. The number of hydrogen-bond donors (Lipinski definition) is 2. The van der Waals surface area contributed by atoms with Gasteiger partial charge in [-0.15, -0.1) is 4.98 Å². The van der Waals surface area contributed by atoms with Crippen LogP contribution in [0.15, 0.2) is 84.9 Å². The number of carbonyl (C=O) groups is 1. The van der Waals surface area contributed by atoms with Crippen molar-refractivity contribution in [3.05, 3.63) is 90.5 Å². The summed E-state index contributed by atoms with van der Waals surface area (Å²) in [5.41, 5.74) is 0.632. The van der Waals surface area contributed by atoms with Gasteiger partial charge in [-0.05, 0) is 42.5 Å². The number of benzene rings is 3. The Morgan fingerprint density at radius 1 is 0.733 bits per heavy atom. The van der Waals surface area contributed by atoms with Crippen molar-refractivity contribution >= 4 is 17.6 Å². The molecule has 0 unspecified atom stereocenters. The van der Waals surface area contributed by atoms with Gasteiger partial charge in [-0.2, -0.15) is 9.97 Å². The summed E-state index contributed by atoms with van der Waals surface area (Å²) in [5, 5.41) is 12.1. The lowest BCUT2D eigenvalue weighted by molar-refractivity contribution is 0.0697. The van der Waals surface area contributed by atoms with Crippen molar-refractivity contribution in [3.63, 3.8) is 0 Å². The van der Waals surface area contributed by atoms with E-state index in [2.05, 4.69) is 20.3 Å². The maximum Gasteiger partial charge on any atom is 0.335 e. The molecule has 3 aromatic carbocycles. The molecule has 0 aliphatic heterocycles. The number of para-hydroxylation sites is 2. The first-order chi connectivity index (χ1) is 14.7. The highest BCUT2D eigenvalue weighted by Gasteiger charge is 2.12. The van der Waals surface area contributed by atoms with Crippen LogP contribution in [0.1, 0.15) is 10.4 Å². The summed E-state index contributed by atoms with van der Waals surface area (Å²) in [4.78, 5) is 23.9. The lowest BCUT2D eigenvalue weighted by atomic mass is 10.2. The summed E-state index contributed by atoms with van der Waals surface area (Å²) in [5.74, 6) is 0.210. The molecular weight excluding hydrogens is 384 g/mol. The molecule has 0 amide bonds. The minimum Gasteiger partial charge on any atom is -0.478 e. The van der Waals surface area contributed by atoms with Crippen LogP contribution < -0.4 is 14.8 Å². The Balaban J connectivity index is 1.65. The second-order valence-electron chi connectivity index (χ2n) is 6.07. The van der Waals surface area contributed by atoms with Gasteiger partial charge in [0, 0.05) is 5.69 Å². The Morgan fingerprint density at radius 2 is 1.30 bits per heavy atom. The third-order valence-electron chi connectivity index (χ3n) is 3.86. The van der Waals surface area contributed by atoms with Crippen LogP contribution in [-0.2, 0) is 0 Å². The van der Waals surface area contributed by atoms with Crippen molar-refractivity contribution in [2.45, 2.75) is 0 Å². The SMILES string of the molecule is O=C(O)c1cccc(Nc2nc(Oc3ccccc3)nc(Oc3ccccc3)n2)c1. The molecule has 0 radical (unpaired) electrons. The van der Waals surface area contributed by atoms with Gasteiger partial charge in [0.15, 0.2) is 0 Å². The van der Waals surface area contributed by atoms with E-state index in [1.807, 2.05) is 36.4 Å². The molecule has 0 spiro atoms. The van der Waals surface area contributed by atoms with E-state index in [4.69, 9.17) is 9.47 Å². The standard InChI is InChI=1S/C22H16N4O4/c27-19(28)15-8-7-9-16(14-15)23-20-24-21(29-17-10-3-1-4-11-17)26-22(25-20)30-18-12-5-2-6-13-18/h1-14H,(H,27,28)(H,23,24,25,26). The zero-order valence-electron chi connectivity index (χ0n) is 15.6. The van der Waals surface area contributed by atoms with Gasteiger partial charge in [0.05, 0.1) is 5.56 Å². The first-order valence-corrected chi connectivity index (χ1v) is 8.98. The molecule has 0 aliphatic rings. The van der Waals surface area contributed by atoms with E-state index in [0.29, 0.717) is 17.2 Å². The lowest BCUT2D eigenvalue weighted by Gasteiger charge is -2.10. The van der Waals surface area contributed by atoms with Crippen molar-refractivity contribution in [3.8, 4) is 23.5 Å². The van der Waals surface area contributed by atoms with Crippen LogP contribution in [0.2, 0.25) is 0 Å². The van der Waals surface area contributed by atoms with Crippen LogP contribution in [0.3, 0.4) is 0 Å².